The molecule has 2 atom stereocenters. The fraction of sp³-hybridized carbons (Fsp3) is 0.455. The average Bonchev–Trinajstić information content (AvgIpc) is 2.28. The van der Waals surface area contributed by atoms with Gasteiger partial charge < -0.3 is 21.3 Å². The average molecular weight is 210 g/mol. The summed E-state index contributed by atoms with van der Waals surface area (Å²) in [5.41, 5.74) is 7.05. The lowest BCUT2D eigenvalue weighted by Crippen LogP contribution is -2.27. The first-order valence-electron chi connectivity index (χ1n) is 4.98. The molecule has 0 fully saturated rings. The fourth-order valence-electron chi connectivity index (χ4n) is 1.44. The van der Waals surface area contributed by atoms with Crippen LogP contribution in [0.3, 0.4) is 0 Å². The molecule has 5 N–H and O–H groups in total. The van der Waals surface area contributed by atoms with Crippen LogP contribution in [0, 0.1) is 0 Å². The molecule has 0 radical (unpaired) electrons. The van der Waals surface area contributed by atoms with Crippen LogP contribution < -0.4 is 11.1 Å². The molecule has 4 nitrogen and oxygen atoms in total. The third-order valence-electron chi connectivity index (χ3n) is 2.28. The second-order valence-corrected chi connectivity index (χ2v) is 3.52. The van der Waals surface area contributed by atoms with E-state index in [0.717, 1.165) is 12.1 Å². The van der Waals surface area contributed by atoms with Gasteiger partial charge in [-0.3, -0.25) is 0 Å². The SMILES string of the molecule is CNCc1cccc(C(O)C(O)CN)c1. The zero-order valence-electron chi connectivity index (χ0n) is 8.85. The second-order valence-electron chi connectivity index (χ2n) is 3.52. The van der Waals surface area contributed by atoms with Crippen LogP contribution in [0.2, 0.25) is 0 Å². The Bertz CT molecular complexity index is 304. The molecule has 0 aromatic heterocycles. The van der Waals surface area contributed by atoms with Crippen LogP contribution >= 0.6 is 0 Å². The van der Waals surface area contributed by atoms with Crippen LogP contribution in [-0.2, 0) is 6.54 Å². The van der Waals surface area contributed by atoms with Gasteiger partial charge in [0, 0.05) is 13.1 Å². The van der Waals surface area contributed by atoms with Crippen molar-refractivity contribution >= 4 is 0 Å². The number of aliphatic hydroxyl groups is 2. The minimum absolute atomic E-state index is 0.0530. The lowest BCUT2D eigenvalue weighted by atomic mass is 10.0. The maximum Gasteiger partial charge on any atom is 0.106 e. The van der Waals surface area contributed by atoms with Crippen LogP contribution in [0.1, 0.15) is 17.2 Å². The lowest BCUT2D eigenvalue weighted by Gasteiger charge is -2.17. The maximum absolute atomic E-state index is 9.73. The predicted molar refractivity (Wildman–Crippen MR) is 59.2 cm³/mol. The van der Waals surface area contributed by atoms with Gasteiger partial charge in [-0.25, -0.2) is 0 Å². The summed E-state index contributed by atoms with van der Waals surface area (Å²) in [7, 11) is 1.86. The second kappa shape index (κ2) is 5.82. The van der Waals surface area contributed by atoms with Gasteiger partial charge in [0.1, 0.15) is 6.10 Å². The van der Waals surface area contributed by atoms with Gasteiger partial charge in [-0.15, -0.1) is 0 Å². The van der Waals surface area contributed by atoms with Gasteiger partial charge in [0.15, 0.2) is 0 Å². The number of hydrogen-bond acceptors (Lipinski definition) is 4. The smallest absolute Gasteiger partial charge is 0.106 e. The Kier molecular flexibility index (Phi) is 4.71. The van der Waals surface area contributed by atoms with E-state index in [2.05, 4.69) is 5.32 Å². The highest BCUT2D eigenvalue weighted by Crippen LogP contribution is 2.17. The van der Waals surface area contributed by atoms with Crippen molar-refractivity contribution in [2.24, 2.45) is 5.73 Å². The van der Waals surface area contributed by atoms with E-state index in [0.29, 0.717) is 5.56 Å². The fourth-order valence-corrected chi connectivity index (χ4v) is 1.44. The molecule has 0 aliphatic carbocycles. The molecular formula is C11H18N2O2. The molecule has 0 heterocycles. The molecule has 0 saturated heterocycles. The van der Waals surface area contributed by atoms with Crippen molar-refractivity contribution < 1.29 is 10.2 Å². The van der Waals surface area contributed by atoms with Crippen molar-refractivity contribution in [3.8, 4) is 0 Å². The summed E-state index contributed by atoms with van der Waals surface area (Å²) in [5.74, 6) is 0. The number of nitrogens with one attached hydrogen (secondary N) is 1. The van der Waals surface area contributed by atoms with Crippen LogP contribution in [0.25, 0.3) is 0 Å². The molecule has 0 spiro atoms. The minimum Gasteiger partial charge on any atom is -0.389 e. The van der Waals surface area contributed by atoms with Crippen molar-refractivity contribution in [3.05, 3.63) is 35.4 Å². The molecule has 4 heteroatoms. The molecule has 84 valence electrons. The number of hydrogen-bond donors (Lipinski definition) is 4. The van der Waals surface area contributed by atoms with E-state index in [1.807, 2.05) is 25.2 Å². The Morgan fingerprint density at radius 3 is 2.73 bits per heavy atom. The standard InChI is InChI=1S/C11H18N2O2/c1-13-7-8-3-2-4-9(5-8)11(15)10(14)6-12/h2-5,10-11,13-15H,6-7,12H2,1H3. The molecule has 15 heavy (non-hydrogen) atoms. The molecule has 0 amide bonds. The molecular weight excluding hydrogens is 192 g/mol. The summed E-state index contributed by atoms with van der Waals surface area (Å²) in [5, 5.41) is 22.2. The first kappa shape index (κ1) is 12.1. The van der Waals surface area contributed by atoms with Gasteiger partial charge >= 0.3 is 0 Å². The van der Waals surface area contributed by atoms with Gasteiger partial charge in [-0.05, 0) is 18.2 Å². The summed E-state index contributed by atoms with van der Waals surface area (Å²) in [6.45, 7) is 0.788. The van der Waals surface area contributed by atoms with Crippen LogP contribution in [-0.4, -0.2) is 29.9 Å². The van der Waals surface area contributed by atoms with Crippen molar-refractivity contribution in [1.82, 2.24) is 5.32 Å². The van der Waals surface area contributed by atoms with E-state index in [-0.39, 0.29) is 6.54 Å². The van der Waals surface area contributed by atoms with E-state index in [4.69, 9.17) is 5.73 Å². The van der Waals surface area contributed by atoms with E-state index in [1.54, 1.807) is 6.07 Å². The number of benzene rings is 1. The summed E-state index contributed by atoms with van der Waals surface area (Å²) < 4.78 is 0. The zero-order valence-corrected chi connectivity index (χ0v) is 8.85. The predicted octanol–water partition coefficient (Wildman–Crippen LogP) is -0.241. The first-order valence-corrected chi connectivity index (χ1v) is 4.98. The van der Waals surface area contributed by atoms with Gasteiger partial charge in [-0.2, -0.15) is 0 Å². The van der Waals surface area contributed by atoms with E-state index < -0.39 is 12.2 Å². The minimum atomic E-state index is -0.910. The largest absolute Gasteiger partial charge is 0.389 e. The zero-order chi connectivity index (χ0) is 11.3. The molecule has 1 rings (SSSR count). The molecule has 0 saturated carbocycles. The third kappa shape index (κ3) is 3.28. The van der Waals surface area contributed by atoms with E-state index >= 15 is 0 Å². The van der Waals surface area contributed by atoms with Crippen molar-refractivity contribution in [1.29, 1.82) is 0 Å². The molecule has 2 unspecified atom stereocenters. The van der Waals surface area contributed by atoms with Crippen LogP contribution in [0.5, 0.6) is 0 Å². The molecule has 0 aliphatic rings. The Hall–Kier alpha value is -0.940. The molecule has 0 aliphatic heterocycles. The van der Waals surface area contributed by atoms with Crippen molar-refractivity contribution in [2.75, 3.05) is 13.6 Å². The number of nitrogens with two attached hydrogens (primary N) is 1. The lowest BCUT2D eigenvalue weighted by molar-refractivity contribution is 0.0243. The van der Waals surface area contributed by atoms with E-state index in [1.165, 1.54) is 0 Å². The Morgan fingerprint density at radius 2 is 2.13 bits per heavy atom. The quantitative estimate of drug-likeness (QED) is 0.541. The van der Waals surface area contributed by atoms with E-state index in [9.17, 15) is 10.2 Å². The first-order chi connectivity index (χ1) is 7.19. The van der Waals surface area contributed by atoms with Gasteiger partial charge in [0.25, 0.3) is 0 Å². The third-order valence-corrected chi connectivity index (χ3v) is 2.28. The maximum atomic E-state index is 9.73. The topological polar surface area (TPSA) is 78.5 Å². The van der Waals surface area contributed by atoms with Crippen molar-refractivity contribution in [3.63, 3.8) is 0 Å². The normalized spacial score (nSPS) is 14.9. The molecule has 1 aromatic rings. The van der Waals surface area contributed by atoms with Gasteiger partial charge in [0.05, 0.1) is 6.10 Å². The van der Waals surface area contributed by atoms with Gasteiger partial charge in [-0.1, -0.05) is 24.3 Å². The van der Waals surface area contributed by atoms with Crippen LogP contribution in [0.4, 0.5) is 0 Å². The highest BCUT2D eigenvalue weighted by molar-refractivity contribution is 5.25. The van der Waals surface area contributed by atoms with Crippen molar-refractivity contribution in [2.45, 2.75) is 18.8 Å². The highest BCUT2D eigenvalue weighted by atomic mass is 16.3. The summed E-state index contributed by atoms with van der Waals surface area (Å²) in [6, 6.07) is 7.46. The Labute approximate surface area is 89.7 Å². The summed E-state index contributed by atoms with van der Waals surface area (Å²) in [4.78, 5) is 0. The highest BCUT2D eigenvalue weighted by Gasteiger charge is 2.16. The van der Waals surface area contributed by atoms with Crippen LogP contribution in [0.15, 0.2) is 24.3 Å². The number of rotatable bonds is 5. The summed E-state index contributed by atoms with van der Waals surface area (Å²) in [6.07, 6.45) is -1.82. The Morgan fingerprint density at radius 1 is 1.40 bits per heavy atom. The molecule has 0 bridgehead atoms. The monoisotopic (exact) mass is 210 g/mol. The number of aliphatic hydroxyl groups excluding tert-OH is 2. The Balaban J connectivity index is 2.80. The summed E-state index contributed by atoms with van der Waals surface area (Å²) >= 11 is 0. The molecule has 1 aromatic carbocycles. The van der Waals surface area contributed by atoms with Gasteiger partial charge in [0.2, 0.25) is 0 Å².